The van der Waals surface area contributed by atoms with Crippen LogP contribution in [0.1, 0.15) is 50.5 Å². The van der Waals surface area contributed by atoms with Gasteiger partial charge in [-0.3, -0.25) is 30.1 Å². The summed E-state index contributed by atoms with van der Waals surface area (Å²) in [6.07, 6.45) is 8.08. The van der Waals surface area contributed by atoms with Crippen molar-refractivity contribution in [3.05, 3.63) is 34.6 Å². The van der Waals surface area contributed by atoms with Crippen LogP contribution in [0.15, 0.2) is 24.3 Å². The number of aromatic amines is 1. The molecule has 31 heavy (non-hydrogen) atoms. The van der Waals surface area contributed by atoms with Crippen molar-refractivity contribution in [1.82, 2.24) is 25.6 Å². The fraction of sp³-hybridized carbons (Fsp3) is 0.565. The van der Waals surface area contributed by atoms with Gasteiger partial charge in [0.1, 0.15) is 6.54 Å². The first-order chi connectivity index (χ1) is 14.9. The highest BCUT2D eigenvalue weighted by atomic mass is 32.1. The van der Waals surface area contributed by atoms with Gasteiger partial charge in [-0.1, -0.05) is 29.8 Å². The lowest BCUT2D eigenvalue weighted by Gasteiger charge is -2.56. The molecular formula is C23H29N5O2S. The maximum absolute atomic E-state index is 12.7. The van der Waals surface area contributed by atoms with Crippen molar-refractivity contribution in [1.29, 1.82) is 0 Å². The summed E-state index contributed by atoms with van der Waals surface area (Å²) >= 11 is 5.30. The number of hydrazine groups is 1. The Morgan fingerprint density at radius 3 is 2.26 bits per heavy atom. The Labute approximate surface area is 187 Å². The summed E-state index contributed by atoms with van der Waals surface area (Å²) < 4.78 is 2.01. The lowest BCUT2D eigenvalue weighted by Crippen LogP contribution is -2.50. The molecule has 164 valence electrons. The van der Waals surface area contributed by atoms with Crippen molar-refractivity contribution in [2.45, 2.75) is 58.4 Å². The summed E-state index contributed by atoms with van der Waals surface area (Å²) in [5.41, 5.74) is 7.37. The molecule has 0 aliphatic heterocycles. The first-order valence-corrected chi connectivity index (χ1v) is 11.6. The molecule has 1 aromatic heterocycles. The molecule has 4 fully saturated rings. The van der Waals surface area contributed by atoms with Crippen molar-refractivity contribution in [2.24, 2.45) is 23.2 Å². The van der Waals surface area contributed by atoms with Crippen LogP contribution in [0.2, 0.25) is 0 Å². The third kappa shape index (κ3) is 4.18. The van der Waals surface area contributed by atoms with Gasteiger partial charge in [-0.25, -0.2) is 0 Å². The van der Waals surface area contributed by atoms with E-state index in [1.54, 1.807) is 4.57 Å². The molecule has 4 aliphatic carbocycles. The number of nitrogens with one attached hydrogen (secondary N) is 3. The molecule has 4 saturated carbocycles. The van der Waals surface area contributed by atoms with E-state index in [9.17, 15) is 9.59 Å². The second-order valence-electron chi connectivity index (χ2n) is 10.00. The van der Waals surface area contributed by atoms with Gasteiger partial charge in [0.15, 0.2) is 10.6 Å². The Morgan fingerprint density at radius 2 is 1.65 bits per heavy atom. The van der Waals surface area contributed by atoms with E-state index in [0.29, 0.717) is 17.0 Å². The summed E-state index contributed by atoms with van der Waals surface area (Å²) in [5, 5.41) is 7.02. The highest BCUT2D eigenvalue weighted by Gasteiger charge is 2.51. The number of H-pyrrole nitrogens is 1. The molecule has 0 unspecified atom stereocenters. The maximum atomic E-state index is 12.7. The van der Waals surface area contributed by atoms with Crippen LogP contribution in [0.5, 0.6) is 0 Å². The number of nitrogens with zero attached hydrogens (tertiary/aromatic N) is 2. The third-order valence-corrected chi connectivity index (χ3v) is 7.72. The monoisotopic (exact) mass is 439 g/mol. The van der Waals surface area contributed by atoms with Gasteiger partial charge in [-0.2, -0.15) is 5.10 Å². The number of aryl methyl sites for hydroxylation is 1. The van der Waals surface area contributed by atoms with E-state index in [-0.39, 0.29) is 23.8 Å². The summed E-state index contributed by atoms with van der Waals surface area (Å²) in [5.74, 6) is 2.58. The highest BCUT2D eigenvalue weighted by Crippen LogP contribution is 2.61. The number of aromatic nitrogens is 3. The molecule has 4 bridgehead atoms. The molecule has 3 N–H and O–H groups in total. The fourth-order valence-corrected chi connectivity index (χ4v) is 6.80. The fourth-order valence-electron chi connectivity index (χ4n) is 6.60. The molecule has 1 heterocycles. The molecule has 2 amide bonds. The number of rotatable bonds is 5. The minimum absolute atomic E-state index is 0.0177. The normalized spacial score (nSPS) is 28.5. The number of hydrogen-bond acceptors (Lipinski definition) is 4. The zero-order valence-corrected chi connectivity index (χ0v) is 18.6. The summed E-state index contributed by atoms with van der Waals surface area (Å²) in [6.45, 7) is 2.00. The van der Waals surface area contributed by atoms with Gasteiger partial charge >= 0.3 is 0 Å². The highest BCUT2D eigenvalue weighted by molar-refractivity contribution is 7.71. The van der Waals surface area contributed by atoms with Gasteiger partial charge in [0.25, 0.3) is 5.91 Å². The van der Waals surface area contributed by atoms with E-state index in [2.05, 4.69) is 21.0 Å². The summed E-state index contributed by atoms with van der Waals surface area (Å²) in [7, 11) is 0. The van der Waals surface area contributed by atoms with E-state index in [0.717, 1.165) is 28.9 Å². The predicted octanol–water partition coefficient (Wildman–Crippen LogP) is 3.67. The molecular weight excluding hydrogens is 410 g/mol. The molecule has 4 aliphatic rings. The Morgan fingerprint density at radius 1 is 1.06 bits per heavy atom. The number of benzene rings is 1. The number of carbonyl (C=O) groups excluding carboxylic acids is 2. The van der Waals surface area contributed by atoms with Crippen LogP contribution in [0, 0.1) is 34.9 Å². The van der Waals surface area contributed by atoms with Crippen molar-refractivity contribution >= 4 is 24.0 Å². The molecule has 0 saturated heterocycles. The van der Waals surface area contributed by atoms with Crippen LogP contribution < -0.4 is 10.9 Å². The lowest BCUT2D eigenvalue weighted by molar-refractivity contribution is -0.134. The van der Waals surface area contributed by atoms with Crippen molar-refractivity contribution in [3.8, 4) is 11.4 Å². The number of hydrogen-bond donors (Lipinski definition) is 3. The number of amides is 2. The minimum Gasteiger partial charge on any atom is -0.291 e. The molecule has 7 nitrogen and oxygen atoms in total. The quantitative estimate of drug-likeness (QED) is 0.490. The van der Waals surface area contributed by atoms with Crippen LogP contribution in [0.25, 0.3) is 11.4 Å². The standard InChI is InChI=1S/C23H29N5O2S/c1-14-2-4-18(5-3-14)21-26-27-22(31)28(21)13-20(30)25-24-19(29)12-23-9-15-6-16(10-23)8-17(7-15)11-23/h2-5,15-17H,6-13H2,1H3,(H,24,29)(H,25,30)(H,27,31). The third-order valence-electron chi connectivity index (χ3n) is 7.41. The second-order valence-corrected chi connectivity index (χ2v) is 10.4. The Kier molecular flexibility index (Phi) is 5.20. The minimum atomic E-state index is -0.329. The van der Waals surface area contributed by atoms with Crippen LogP contribution in [0.4, 0.5) is 0 Å². The van der Waals surface area contributed by atoms with Gasteiger partial charge in [0.2, 0.25) is 5.91 Å². The largest absolute Gasteiger partial charge is 0.291 e. The second kappa shape index (κ2) is 7.89. The average molecular weight is 440 g/mol. The van der Waals surface area contributed by atoms with E-state index >= 15 is 0 Å². The molecule has 8 heteroatoms. The predicted molar refractivity (Wildman–Crippen MR) is 119 cm³/mol. The van der Waals surface area contributed by atoms with Crippen molar-refractivity contribution in [3.63, 3.8) is 0 Å². The lowest BCUT2D eigenvalue weighted by atomic mass is 9.49. The maximum Gasteiger partial charge on any atom is 0.258 e. The van der Waals surface area contributed by atoms with Gasteiger partial charge < -0.3 is 0 Å². The van der Waals surface area contributed by atoms with E-state index in [1.165, 1.54) is 38.5 Å². The molecule has 0 atom stereocenters. The Balaban J connectivity index is 1.18. The molecule has 0 spiro atoms. The van der Waals surface area contributed by atoms with Gasteiger partial charge in [-0.05, 0) is 80.8 Å². The molecule has 1 aromatic carbocycles. The average Bonchev–Trinajstić information content (AvgIpc) is 3.06. The topological polar surface area (TPSA) is 91.8 Å². The first-order valence-electron chi connectivity index (χ1n) is 11.2. The van der Waals surface area contributed by atoms with Crippen LogP contribution in [-0.2, 0) is 16.1 Å². The van der Waals surface area contributed by atoms with Gasteiger partial charge in [-0.15, -0.1) is 0 Å². The molecule has 6 rings (SSSR count). The van der Waals surface area contributed by atoms with Crippen LogP contribution in [0.3, 0.4) is 0 Å². The Hall–Kier alpha value is -2.48. The van der Waals surface area contributed by atoms with Crippen LogP contribution >= 0.6 is 12.2 Å². The van der Waals surface area contributed by atoms with Crippen molar-refractivity contribution < 1.29 is 9.59 Å². The zero-order chi connectivity index (χ0) is 21.6. The van der Waals surface area contributed by atoms with E-state index < -0.39 is 0 Å². The van der Waals surface area contributed by atoms with Gasteiger partial charge in [0, 0.05) is 12.0 Å². The molecule has 2 aromatic rings. The zero-order valence-electron chi connectivity index (χ0n) is 17.8. The molecule has 0 radical (unpaired) electrons. The SMILES string of the molecule is Cc1ccc(-c2n[nH]c(=S)n2CC(=O)NNC(=O)CC23CC4CC(CC(C4)C2)C3)cc1. The van der Waals surface area contributed by atoms with Gasteiger partial charge in [0.05, 0.1) is 0 Å². The summed E-state index contributed by atoms with van der Waals surface area (Å²) in [6, 6.07) is 7.87. The van der Waals surface area contributed by atoms with Crippen molar-refractivity contribution in [2.75, 3.05) is 0 Å². The van der Waals surface area contributed by atoms with E-state index in [1.807, 2.05) is 31.2 Å². The van der Waals surface area contributed by atoms with Crippen LogP contribution in [-0.4, -0.2) is 26.6 Å². The first kappa shape index (κ1) is 20.4. The smallest absolute Gasteiger partial charge is 0.258 e. The van der Waals surface area contributed by atoms with E-state index in [4.69, 9.17) is 12.2 Å². The number of carbonyl (C=O) groups is 2. The summed E-state index contributed by atoms with van der Waals surface area (Å²) in [4.78, 5) is 25.2. The Bertz CT molecular complexity index is 1020.